The second-order valence-electron chi connectivity index (χ2n) is 8.37. The van der Waals surface area contributed by atoms with Crippen LogP contribution in [0.2, 0.25) is 10.0 Å². The van der Waals surface area contributed by atoms with E-state index in [2.05, 4.69) is 0 Å². The Labute approximate surface area is 210 Å². The van der Waals surface area contributed by atoms with Gasteiger partial charge >= 0.3 is 0 Å². The monoisotopic (exact) mass is 515 g/mol. The quantitative estimate of drug-likeness (QED) is 0.185. The summed E-state index contributed by atoms with van der Waals surface area (Å²) in [5.41, 5.74) is -0.344. The van der Waals surface area contributed by atoms with Crippen molar-refractivity contribution in [3.8, 4) is 0 Å². The molecule has 9 nitrogen and oxygen atoms in total. The summed E-state index contributed by atoms with van der Waals surface area (Å²) >= 11 is 12.0. The number of nitro groups is 1. The van der Waals surface area contributed by atoms with Crippen LogP contribution in [0.5, 0.6) is 0 Å². The predicted octanol–water partition coefficient (Wildman–Crippen LogP) is 4.34. The number of Topliss-reactive ketones (excluding diaryl/α,β-unsaturated/α-hetero) is 1. The summed E-state index contributed by atoms with van der Waals surface area (Å²) in [5, 5.41) is 12.9. The minimum Gasteiger partial charge on any atom is -0.292 e. The Kier molecular flexibility index (Phi) is 6.73. The van der Waals surface area contributed by atoms with E-state index in [-0.39, 0.29) is 32.8 Å². The molecule has 0 radical (unpaired) electrons. The molecule has 2 aliphatic rings. The fourth-order valence-corrected chi connectivity index (χ4v) is 4.70. The molecular weight excluding hydrogens is 497 g/mol. The molecule has 1 aliphatic heterocycles. The van der Waals surface area contributed by atoms with Crippen molar-refractivity contribution in [3.63, 3.8) is 0 Å². The Morgan fingerprint density at radius 2 is 1.83 bits per heavy atom. The van der Waals surface area contributed by atoms with Crippen molar-refractivity contribution < 1.29 is 24.1 Å². The standard InChI is InChI=1S/C24H19Cl2N3O6/c1-13-4-2-7-17-21(13)24(33)28(23(17)32)27(22(31)15-8-9-18(25)19(26)11-15)12-20(30)14-5-3-6-16(10-14)29(34)35/h2-6,8-11,13,17,21H,7,12H2,1H3/t13-,17-,21-/m1/s1. The summed E-state index contributed by atoms with van der Waals surface area (Å²) in [6.07, 6.45) is 4.00. The fourth-order valence-electron chi connectivity index (χ4n) is 4.40. The highest BCUT2D eigenvalue weighted by Crippen LogP contribution is 2.39. The lowest BCUT2D eigenvalue weighted by molar-refractivity contribution is -0.384. The van der Waals surface area contributed by atoms with Gasteiger partial charge in [-0.25, -0.2) is 5.01 Å². The average Bonchev–Trinajstić information content (AvgIpc) is 3.09. The second kappa shape index (κ2) is 9.59. The number of imide groups is 1. The maximum absolute atomic E-state index is 13.5. The number of amides is 3. The third kappa shape index (κ3) is 4.56. The van der Waals surface area contributed by atoms with Crippen molar-refractivity contribution >= 4 is 52.4 Å². The zero-order valence-electron chi connectivity index (χ0n) is 18.4. The van der Waals surface area contributed by atoms with Gasteiger partial charge in [-0.3, -0.25) is 29.3 Å². The zero-order chi connectivity index (χ0) is 25.4. The molecule has 1 fully saturated rings. The Morgan fingerprint density at radius 3 is 2.49 bits per heavy atom. The lowest BCUT2D eigenvalue weighted by Crippen LogP contribution is -2.52. The van der Waals surface area contributed by atoms with Crippen LogP contribution in [0.3, 0.4) is 0 Å². The van der Waals surface area contributed by atoms with Gasteiger partial charge in [-0.2, -0.15) is 5.01 Å². The van der Waals surface area contributed by atoms with Crippen LogP contribution in [0.1, 0.15) is 34.1 Å². The summed E-state index contributed by atoms with van der Waals surface area (Å²) < 4.78 is 0. The molecule has 0 N–H and O–H groups in total. The van der Waals surface area contributed by atoms with Crippen molar-refractivity contribution in [2.24, 2.45) is 17.8 Å². The number of nitrogens with zero attached hydrogens (tertiary/aromatic N) is 3. The van der Waals surface area contributed by atoms with Crippen molar-refractivity contribution in [1.29, 1.82) is 0 Å². The van der Waals surface area contributed by atoms with Crippen molar-refractivity contribution in [3.05, 3.63) is 85.9 Å². The van der Waals surface area contributed by atoms with Gasteiger partial charge in [-0.05, 0) is 30.5 Å². The van der Waals surface area contributed by atoms with E-state index < -0.39 is 46.8 Å². The highest BCUT2D eigenvalue weighted by molar-refractivity contribution is 6.42. The van der Waals surface area contributed by atoms with Crippen LogP contribution < -0.4 is 0 Å². The Morgan fingerprint density at radius 1 is 1.09 bits per heavy atom. The van der Waals surface area contributed by atoms with E-state index in [1.165, 1.54) is 36.4 Å². The number of carbonyl (C=O) groups is 4. The van der Waals surface area contributed by atoms with Crippen molar-refractivity contribution in [1.82, 2.24) is 10.0 Å². The number of hydrogen-bond donors (Lipinski definition) is 0. The molecule has 0 unspecified atom stereocenters. The van der Waals surface area contributed by atoms with Gasteiger partial charge in [-0.1, -0.05) is 54.4 Å². The van der Waals surface area contributed by atoms with Gasteiger partial charge < -0.3 is 0 Å². The summed E-state index contributed by atoms with van der Waals surface area (Å²) in [4.78, 5) is 63.7. The molecule has 35 heavy (non-hydrogen) atoms. The molecule has 1 saturated heterocycles. The molecule has 1 aliphatic carbocycles. The molecule has 3 amide bonds. The number of ketones is 1. The first-order chi connectivity index (χ1) is 16.6. The Balaban J connectivity index is 1.73. The highest BCUT2D eigenvalue weighted by atomic mass is 35.5. The molecule has 0 saturated carbocycles. The Hall–Kier alpha value is -3.56. The van der Waals surface area contributed by atoms with E-state index in [1.54, 1.807) is 6.92 Å². The smallest absolute Gasteiger partial charge is 0.273 e. The predicted molar refractivity (Wildman–Crippen MR) is 127 cm³/mol. The first kappa shape index (κ1) is 24.6. The van der Waals surface area contributed by atoms with Crippen LogP contribution in [0.4, 0.5) is 5.69 Å². The number of hydrogen-bond acceptors (Lipinski definition) is 6. The summed E-state index contributed by atoms with van der Waals surface area (Å²) in [7, 11) is 0. The number of nitro benzene ring substituents is 1. The number of rotatable bonds is 6. The molecule has 0 spiro atoms. The largest absolute Gasteiger partial charge is 0.292 e. The van der Waals surface area contributed by atoms with Crippen molar-refractivity contribution in [2.75, 3.05) is 6.54 Å². The number of fused-ring (bicyclic) bond motifs is 1. The molecule has 180 valence electrons. The third-order valence-corrected chi connectivity index (χ3v) is 6.90. The summed E-state index contributed by atoms with van der Waals surface area (Å²) in [6, 6.07) is 9.02. The molecule has 0 bridgehead atoms. The Bertz CT molecular complexity index is 1290. The first-order valence-electron chi connectivity index (χ1n) is 10.7. The van der Waals surface area contributed by atoms with Gasteiger partial charge in [0.1, 0.15) is 6.54 Å². The molecule has 2 aromatic rings. The SMILES string of the molecule is C[C@@H]1C=CC[C@H]2C(=O)N(N(CC(=O)c3cccc([N+](=O)[O-])c3)C(=O)c3ccc(Cl)c(Cl)c3)C(=O)[C@H]12. The maximum atomic E-state index is 13.5. The van der Waals surface area contributed by atoms with E-state index in [0.717, 1.165) is 16.1 Å². The van der Waals surface area contributed by atoms with Crippen LogP contribution in [-0.2, 0) is 9.59 Å². The zero-order valence-corrected chi connectivity index (χ0v) is 19.9. The first-order valence-corrected chi connectivity index (χ1v) is 11.4. The van der Waals surface area contributed by atoms with Gasteiger partial charge in [0.25, 0.3) is 23.4 Å². The van der Waals surface area contributed by atoms with Gasteiger partial charge in [0.05, 0.1) is 26.8 Å². The van der Waals surface area contributed by atoms with Crippen molar-refractivity contribution in [2.45, 2.75) is 13.3 Å². The van der Waals surface area contributed by atoms with Gasteiger partial charge in [0.15, 0.2) is 5.78 Å². The molecule has 1 heterocycles. The normalized spacial score (nSPS) is 21.1. The van der Waals surface area contributed by atoms with Gasteiger partial charge in [0, 0.05) is 23.3 Å². The number of halogens is 2. The molecule has 3 atom stereocenters. The minimum atomic E-state index is -0.816. The van der Waals surface area contributed by atoms with E-state index in [1.807, 2.05) is 12.2 Å². The van der Waals surface area contributed by atoms with E-state index >= 15 is 0 Å². The molecule has 4 rings (SSSR count). The summed E-state index contributed by atoms with van der Waals surface area (Å²) in [6.45, 7) is 1.11. The highest BCUT2D eigenvalue weighted by Gasteiger charge is 2.53. The number of hydrazine groups is 1. The van der Waals surface area contributed by atoms with Crippen LogP contribution in [0.15, 0.2) is 54.6 Å². The number of carbonyl (C=O) groups excluding carboxylic acids is 4. The van der Waals surface area contributed by atoms with E-state index in [9.17, 15) is 29.3 Å². The van der Waals surface area contributed by atoms with Gasteiger partial charge in [0.2, 0.25) is 0 Å². The van der Waals surface area contributed by atoms with Crippen LogP contribution >= 0.6 is 23.2 Å². The number of non-ortho nitro benzene ring substituents is 1. The number of allylic oxidation sites excluding steroid dienone is 2. The number of benzene rings is 2. The fraction of sp³-hybridized carbons (Fsp3) is 0.250. The molecular formula is C24H19Cl2N3O6. The third-order valence-electron chi connectivity index (χ3n) is 6.16. The maximum Gasteiger partial charge on any atom is 0.273 e. The average molecular weight is 516 g/mol. The van der Waals surface area contributed by atoms with E-state index in [0.29, 0.717) is 6.42 Å². The lowest BCUT2D eigenvalue weighted by Gasteiger charge is -2.30. The minimum absolute atomic E-state index is 0.00730. The molecule has 2 aromatic carbocycles. The summed E-state index contributed by atoms with van der Waals surface area (Å²) in [5.74, 6) is -4.23. The van der Waals surface area contributed by atoms with Crippen LogP contribution in [-0.4, -0.2) is 45.0 Å². The van der Waals surface area contributed by atoms with Crippen LogP contribution in [0.25, 0.3) is 0 Å². The van der Waals surface area contributed by atoms with E-state index in [4.69, 9.17) is 23.2 Å². The second-order valence-corrected chi connectivity index (χ2v) is 9.18. The lowest BCUT2D eigenvalue weighted by atomic mass is 9.78. The molecule has 11 heteroatoms. The van der Waals surface area contributed by atoms with Crippen LogP contribution in [0, 0.1) is 27.9 Å². The molecule has 0 aromatic heterocycles. The topological polar surface area (TPSA) is 118 Å². The van der Waals surface area contributed by atoms with Gasteiger partial charge in [-0.15, -0.1) is 0 Å².